The summed E-state index contributed by atoms with van der Waals surface area (Å²) in [5.74, 6) is -0.304. The highest BCUT2D eigenvalue weighted by atomic mass is 32.2. The molecule has 0 bridgehead atoms. The molecule has 2 rings (SSSR count). The molecule has 0 aliphatic heterocycles. The van der Waals surface area contributed by atoms with Gasteiger partial charge in [0.05, 0.1) is 4.90 Å². The van der Waals surface area contributed by atoms with Gasteiger partial charge in [0.15, 0.2) is 0 Å². The van der Waals surface area contributed by atoms with Crippen molar-refractivity contribution in [1.29, 1.82) is 0 Å². The lowest BCUT2D eigenvalue weighted by Crippen LogP contribution is -2.27. The van der Waals surface area contributed by atoms with Crippen LogP contribution in [0.25, 0.3) is 0 Å². The van der Waals surface area contributed by atoms with E-state index in [0.29, 0.717) is 24.1 Å². The fourth-order valence-electron chi connectivity index (χ4n) is 2.32. The Balaban J connectivity index is 2.08. The molecule has 2 aromatic rings. The topological polar surface area (TPSA) is 89.3 Å². The number of hydrogen-bond acceptors (Lipinski definition) is 3. The van der Waals surface area contributed by atoms with Crippen molar-refractivity contribution in [3.8, 4) is 0 Å². The van der Waals surface area contributed by atoms with Crippen LogP contribution in [0, 0.1) is 13.8 Å². The van der Waals surface area contributed by atoms with E-state index in [1.807, 2.05) is 31.2 Å². The number of amides is 1. The van der Waals surface area contributed by atoms with Crippen LogP contribution in [0.1, 0.15) is 27.0 Å². The second-order valence-corrected chi connectivity index (χ2v) is 7.02. The molecule has 23 heavy (non-hydrogen) atoms. The normalized spacial score (nSPS) is 11.3. The van der Waals surface area contributed by atoms with Crippen LogP contribution < -0.4 is 10.5 Å². The summed E-state index contributed by atoms with van der Waals surface area (Å²) in [6.07, 6.45) is 0.715. The van der Waals surface area contributed by atoms with Crippen molar-refractivity contribution in [1.82, 2.24) is 5.32 Å². The highest BCUT2D eigenvalue weighted by molar-refractivity contribution is 7.89. The lowest BCUT2D eigenvalue weighted by molar-refractivity contribution is 0.0953. The average molecular weight is 332 g/mol. The van der Waals surface area contributed by atoms with Gasteiger partial charge in [-0.2, -0.15) is 0 Å². The molecule has 1 amide bonds. The van der Waals surface area contributed by atoms with E-state index >= 15 is 0 Å². The van der Waals surface area contributed by atoms with Gasteiger partial charge in [-0.15, -0.1) is 0 Å². The van der Waals surface area contributed by atoms with E-state index in [-0.39, 0.29) is 10.8 Å². The zero-order valence-electron chi connectivity index (χ0n) is 13.2. The van der Waals surface area contributed by atoms with Crippen LogP contribution in [0.5, 0.6) is 0 Å². The molecule has 0 fully saturated rings. The first-order valence-electron chi connectivity index (χ1n) is 7.25. The zero-order chi connectivity index (χ0) is 17.0. The van der Waals surface area contributed by atoms with Gasteiger partial charge in [-0.25, -0.2) is 13.6 Å². The van der Waals surface area contributed by atoms with Crippen LogP contribution in [0.15, 0.2) is 47.4 Å². The lowest BCUT2D eigenvalue weighted by atomic mass is 10.1. The number of nitrogens with one attached hydrogen (secondary N) is 1. The first-order chi connectivity index (χ1) is 10.8. The van der Waals surface area contributed by atoms with Gasteiger partial charge in [-0.3, -0.25) is 4.79 Å². The van der Waals surface area contributed by atoms with E-state index < -0.39 is 10.0 Å². The van der Waals surface area contributed by atoms with Crippen LogP contribution in [0.4, 0.5) is 0 Å². The van der Waals surface area contributed by atoms with Crippen LogP contribution >= 0.6 is 0 Å². The Bertz CT molecular complexity index is 829. The molecule has 3 N–H and O–H groups in total. The molecule has 2 aromatic carbocycles. The van der Waals surface area contributed by atoms with Crippen molar-refractivity contribution in [3.63, 3.8) is 0 Å². The lowest BCUT2D eigenvalue weighted by Gasteiger charge is -2.10. The van der Waals surface area contributed by atoms with Crippen molar-refractivity contribution < 1.29 is 13.2 Å². The zero-order valence-corrected chi connectivity index (χ0v) is 14.0. The maximum absolute atomic E-state index is 12.3. The van der Waals surface area contributed by atoms with Gasteiger partial charge in [-0.1, -0.05) is 30.3 Å². The minimum atomic E-state index is -3.82. The number of rotatable bonds is 5. The van der Waals surface area contributed by atoms with Crippen LogP contribution in [-0.4, -0.2) is 20.9 Å². The third-order valence-electron chi connectivity index (χ3n) is 3.72. The van der Waals surface area contributed by atoms with Crippen LogP contribution in [0.3, 0.4) is 0 Å². The molecule has 0 spiro atoms. The monoisotopic (exact) mass is 332 g/mol. The highest BCUT2D eigenvalue weighted by Crippen LogP contribution is 2.14. The third kappa shape index (κ3) is 4.40. The highest BCUT2D eigenvalue weighted by Gasteiger charge is 2.14. The fourth-order valence-corrected chi connectivity index (χ4v) is 2.86. The molecule has 0 aliphatic carbocycles. The van der Waals surface area contributed by atoms with Gasteiger partial charge in [0.25, 0.3) is 5.91 Å². The molecule has 6 heteroatoms. The molecule has 0 unspecified atom stereocenters. The number of primary sulfonamides is 1. The minimum absolute atomic E-state index is 0.0628. The van der Waals surface area contributed by atoms with Crippen molar-refractivity contribution >= 4 is 15.9 Å². The van der Waals surface area contributed by atoms with Gasteiger partial charge < -0.3 is 5.32 Å². The van der Waals surface area contributed by atoms with Crippen molar-refractivity contribution in [2.24, 2.45) is 5.14 Å². The number of hydrogen-bond donors (Lipinski definition) is 2. The van der Waals surface area contributed by atoms with Gasteiger partial charge in [-0.05, 0) is 49.1 Å². The van der Waals surface area contributed by atoms with E-state index in [1.165, 1.54) is 23.3 Å². The SMILES string of the molecule is Cc1ccccc1CCNC(=O)c1cc(S(N)(=O)=O)ccc1C. The second kappa shape index (κ2) is 6.93. The molecule has 0 saturated heterocycles. The quantitative estimate of drug-likeness (QED) is 0.876. The smallest absolute Gasteiger partial charge is 0.251 e. The summed E-state index contributed by atoms with van der Waals surface area (Å²) in [6.45, 7) is 4.25. The third-order valence-corrected chi connectivity index (χ3v) is 4.63. The Morgan fingerprint density at radius 1 is 1.09 bits per heavy atom. The van der Waals surface area contributed by atoms with Gasteiger partial charge in [0.2, 0.25) is 10.0 Å². The summed E-state index contributed by atoms with van der Waals surface area (Å²) < 4.78 is 22.8. The van der Waals surface area contributed by atoms with E-state index in [2.05, 4.69) is 5.32 Å². The summed E-state index contributed by atoms with van der Waals surface area (Å²) in [6, 6.07) is 12.3. The van der Waals surface area contributed by atoms with E-state index in [1.54, 1.807) is 13.0 Å². The predicted molar refractivity (Wildman–Crippen MR) is 89.8 cm³/mol. The molecular formula is C17H20N2O3S. The Labute approximate surface area is 136 Å². The van der Waals surface area contributed by atoms with Crippen LogP contribution in [0.2, 0.25) is 0 Å². The first-order valence-corrected chi connectivity index (χ1v) is 8.80. The fraction of sp³-hybridized carbons (Fsp3) is 0.235. The number of sulfonamides is 1. The largest absolute Gasteiger partial charge is 0.352 e. The minimum Gasteiger partial charge on any atom is -0.352 e. The standard InChI is InChI=1S/C17H20N2O3S/c1-12-5-3-4-6-14(12)9-10-19-17(20)16-11-15(23(18,21)22)8-7-13(16)2/h3-8,11H,9-10H2,1-2H3,(H,19,20)(H2,18,21,22). The maximum Gasteiger partial charge on any atom is 0.251 e. The first kappa shape index (κ1) is 17.2. The molecular weight excluding hydrogens is 312 g/mol. The van der Waals surface area contributed by atoms with Crippen molar-refractivity contribution in [2.75, 3.05) is 6.54 Å². The molecule has 0 radical (unpaired) electrons. The molecule has 0 aromatic heterocycles. The Kier molecular flexibility index (Phi) is 5.18. The summed E-state index contributed by atoms with van der Waals surface area (Å²) in [5.41, 5.74) is 3.36. The Hall–Kier alpha value is -2.18. The molecule has 0 saturated carbocycles. The van der Waals surface area contributed by atoms with Gasteiger partial charge in [0.1, 0.15) is 0 Å². The summed E-state index contributed by atoms with van der Waals surface area (Å²) in [5, 5.41) is 7.93. The molecule has 0 heterocycles. The Morgan fingerprint density at radius 2 is 1.78 bits per heavy atom. The summed E-state index contributed by atoms with van der Waals surface area (Å²) in [4.78, 5) is 12.2. The van der Waals surface area contributed by atoms with E-state index in [0.717, 1.165) is 0 Å². The second-order valence-electron chi connectivity index (χ2n) is 5.45. The van der Waals surface area contributed by atoms with Crippen molar-refractivity contribution in [2.45, 2.75) is 25.2 Å². The number of benzene rings is 2. The molecule has 122 valence electrons. The number of carbonyl (C=O) groups is 1. The van der Waals surface area contributed by atoms with Gasteiger partial charge in [0, 0.05) is 12.1 Å². The number of aryl methyl sites for hydroxylation is 2. The average Bonchev–Trinajstić information content (AvgIpc) is 2.48. The van der Waals surface area contributed by atoms with E-state index in [9.17, 15) is 13.2 Å². The predicted octanol–water partition coefficient (Wildman–Crippen LogP) is 1.92. The van der Waals surface area contributed by atoms with Crippen LogP contribution in [-0.2, 0) is 16.4 Å². The molecule has 5 nitrogen and oxygen atoms in total. The van der Waals surface area contributed by atoms with E-state index in [4.69, 9.17) is 5.14 Å². The summed E-state index contributed by atoms with van der Waals surface area (Å²) in [7, 11) is -3.82. The number of nitrogens with two attached hydrogens (primary N) is 1. The van der Waals surface area contributed by atoms with Crippen molar-refractivity contribution in [3.05, 3.63) is 64.7 Å². The summed E-state index contributed by atoms with van der Waals surface area (Å²) >= 11 is 0. The molecule has 0 atom stereocenters. The van der Waals surface area contributed by atoms with Gasteiger partial charge >= 0.3 is 0 Å². The Morgan fingerprint density at radius 3 is 2.43 bits per heavy atom. The molecule has 0 aliphatic rings. The number of carbonyl (C=O) groups excluding carboxylic acids is 1. The maximum atomic E-state index is 12.3.